The SMILES string of the molecule is CC(C)CN1CC(C)(C)c2cnc(C(=O)c3ccccc3)cc21. The normalized spacial score (nSPS) is 15.8. The van der Waals surface area contributed by atoms with Crippen LogP contribution >= 0.6 is 0 Å². The third kappa shape index (κ3) is 3.00. The molecule has 1 aromatic carbocycles. The molecule has 0 atom stereocenters. The van der Waals surface area contributed by atoms with E-state index in [0.717, 1.165) is 18.8 Å². The van der Waals surface area contributed by atoms with E-state index in [1.807, 2.05) is 42.6 Å². The number of hydrogen-bond acceptors (Lipinski definition) is 3. The number of anilines is 1. The third-order valence-corrected chi connectivity index (χ3v) is 4.39. The van der Waals surface area contributed by atoms with Crippen molar-refractivity contribution in [2.45, 2.75) is 33.1 Å². The Kier molecular flexibility index (Phi) is 3.97. The second-order valence-corrected chi connectivity index (χ2v) is 7.44. The van der Waals surface area contributed by atoms with Gasteiger partial charge < -0.3 is 4.90 Å². The van der Waals surface area contributed by atoms with Gasteiger partial charge >= 0.3 is 0 Å². The molecule has 0 bridgehead atoms. The second kappa shape index (κ2) is 5.80. The highest BCUT2D eigenvalue weighted by molar-refractivity contribution is 6.08. The summed E-state index contributed by atoms with van der Waals surface area (Å²) in [5.41, 5.74) is 3.70. The third-order valence-electron chi connectivity index (χ3n) is 4.39. The fraction of sp³-hybridized carbons (Fsp3) is 0.400. The van der Waals surface area contributed by atoms with Crippen molar-refractivity contribution >= 4 is 11.5 Å². The molecule has 1 aromatic heterocycles. The first kappa shape index (κ1) is 15.7. The minimum Gasteiger partial charge on any atom is -0.370 e. The highest BCUT2D eigenvalue weighted by atomic mass is 16.1. The van der Waals surface area contributed by atoms with Gasteiger partial charge in [0.05, 0.1) is 0 Å². The van der Waals surface area contributed by atoms with Crippen molar-refractivity contribution in [2.75, 3.05) is 18.0 Å². The maximum Gasteiger partial charge on any atom is 0.211 e. The Balaban J connectivity index is 1.99. The largest absolute Gasteiger partial charge is 0.370 e. The van der Waals surface area contributed by atoms with E-state index >= 15 is 0 Å². The summed E-state index contributed by atoms with van der Waals surface area (Å²) in [6.45, 7) is 10.9. The molecule has 2 heterocycles. The average molecular weight is 308 g/mol. The molecule has 2 aromatic rings. The van der Waals surface area contributed by atoms with Crippen LogP contribution in [0.2, 0.25) is 0 Å². The molecule has 0 spiro atoms. The van der Waals surface area contributed by atoms with Gasteiger partial charge in [-0.2, -0.15) is 0 Å². The summed E-state index contributed by atoms with van der Waals surface area (Å²) < 4.78 is 0. The molecule has 120 valence electrons. The Morgan fingerprint density at radius 2 is 1.96 bits per heavy atom. The molecule has 23 heavy (non-hydrogen) atoms. The van der Waals surface area contributed by atoms with Gasteiger partial charge in [0.1, 0.15) is 5.69 Å². The lowest BCUT2D eigenvalue weighted by Gasteiger charge is -2.24. The summed E-state index contributed by atoms with van der Waals surface area (Å²) in [6.07, 6.45) is 1.89. The molecule has 0 saturated heterocycles. The monoisotopic (exact) mass is 308 g/mol. The van der Waals surface area contributed by atoms with Crippen LogP contribution in [0.1, 0.15) is 49.3 Å². The maximum absolute atomic E-state index is 12.7. The van der Waals surface area contributed by atoms with Crippen molar-refractivity contribution in [3.63, 3.8) is 0 Å². The molecular weight excluding hydrogens is 284 g/mol. The van der Waals surface area contributed by atoms with E-state index in [1.165, 1.54) is 5.56 Å². The molecule has 0 unspecified atom stereocenters. The molecule has 3 nitrogen and oxygen atoms in total. The van der Waals surface area contributed by atoms with Crippen LogP contribution in [0.25, 0.3) is 0 Å². The Morgan fingerprint density at radius 1 is 1.26 bits per heavy atom. The van der Waals surface area contributed by atoms with E-state index in [0.29, 0.717) is 17.2 Å². The van der Waals surface area contributed by atoms with Crippen LogP contribution in [0.3, 0.4) is 0 Å². The zero-order valence-electron chi connectivity index (χ0n) is 14.3. The quantitative estimate of drug-likeness (QED) is 0.798. The van der Waals surface area contributed by atoms with Gasteiger partial charge in [-0.1, -0.05) is 58.0 Å². The molecule has 0 N–H and O–H groups in total. The number of aromatic nitrogens is 1. The minimum atomic E-state index is -0.0115. The predicted molar refractivity (Wildman–Crippen MR) is 94.2 cm³/mol. The smallest absolute Gasteiger partial charge is 0.211 e. The van der Waals surface area contributed by atoms with Gasteiger partial charge in [0.15, 0.2) is 0 Å². The van der Waals surface area contributed by atoms with Gasteiger partial charge in [-0.15, -0.1) is 0 Å². The molecule has 0 aliphatic carbocycles. The summed E-state index contributed by atoms with van der Waals surface area (Å²) in [5, 5.41) is 0. The molecule has 0 fully saturated rings. The van der Waals surface area contributed by atoms with Crippen molar-refractivity contribution in [3.05, 3.63) is 59.4 Å². The first-order chi connectivity index (χ1) is 10.9. The van der Waals surface area contributed by atoms with E-state index in [-0.39, 0.29) is 11.2 Å². The Bertz CT molecular complexity index is 720. The van der Waals surface area contributed by atoms with Crippen molar-refractivity contribution in [2.24, 2.45) is 5.92 Å². The van der Waals surface area contributed by atoms with E-state index < -0.39 is 0 Å². The molecule has 1 aliphatic heterocycles. The summed E-state index contributed by atoms with van der Waals surface area (Å²) in [5.74, 6) is 0.570. The van der Waals surface area contributed by atoms with Gasteiger partial charge in [-0.05, 0) is 12.0 Å². The first-order valence-corrected chi connectivity index (χ1v) is 8.24. The standard InChI is InChI=1S/C20H24N2O/c1-14(2)12-22-13-20(3,4)16-11-21-17(10-18(16)22)19(23)15-8-6-5-7-9-15/h5-11,14H,12-13H2,1-4H3. The summed E-state index contributed by atoms with van der Waals surface area (Å²) >= 11 is 0. The summed E-state index contributed by atoms with van der Waals surface area (Å²) in [4.78, 5) is 19.5. The van der Waals surface area contributed by atoms with Crippen LogP contribution in [0.15, 0.2) is 42.6 Å². The zero-order chi connectivity index (χ0) is 16.6. The van der Waals surface area contributed by atoms with Crippen LogP contribution in [-0.2, 0) is 5.41 Å². The number of fused-ring (bicyclic) bond motifs is 1. The molecule has 1 aliphatic rings. The number of hydrogen-bond donors (Lipinski definition) is 0. The van der Waals surface area contributed by atoms with Gasteiger partial charge in [0, 0.05) is 41.5 Å². The van der Waals surface area contributed by atoms with Crippen LogP contribution in [0.4, 0.5) is 5.69 Å². The van der Waals surface area contributed by atoms with Gasteiger partial charge in [0.2, 0.25) is 5.78 Å². The lowest BCUT2D eigenvalue weighted by Crippen LogP contribution is -2.31. The summed E-state index contributed by atoms with van der Waals surface area (Å²) in [7, 11) is 0. The number of rotatable bonds is 4. The number of ketones is 1. The molecule has 0 saturated carbocycles. The number of pyridine rings is 1. The second-order valence-electron chi connectivity index (χ2n) is 7.44. The van der Waals surface area contributed by atoms with Crippen molar-refractivity contribution in [1.82, 2.24) is 4.98 Å². The van der Waals surface area contributed by atoms with Crippen LogP contribution in [0, 0.1) is 5.92 Å². The van der Waals surface area contributed by atoms with E-state index in [1.54, 1.807) is 0 Å². The fourth-order valence-corrected chi connectivity index (χ4v) is 3.34. The minimum absolute atomic E-state index is 0.0115. The van der Waals surface area contributed by atoms with Gasteiger partial charge in [-0.3, -0.25) is 9.78 Å². The number of carbonyl (C=O) groups excluding carboxylic acids is 1. The number of nitrogens with zero attached hydrogens (tertiary/aromatic N) is 2. The Morgan fingerprint density at radius 3 is 2.61 bits per heavy atom. The average Bonchev–Trinajstić information content (AvgIpc) is 2.77. The highest BCUT2D eigenvalue weighted by Crippen LogP contribution is 2.40. The van der Waals surface area contributed by atoms with Gasteiger partial charge in [0.25, 0.3) is 0 Å². The van der Waals surface area contributed by atoms with E-state index in [4.69, 9.17) is 0 Å². The summed E-state index contributed by atoms with van der Waals surface area (Å²) in [6, 6.07) is 11.3. The van der Waals surface area contributed by atoms with Crippen LogP contribution < -0.4 is 4.90 Å². The molecular formula is C20H24N2O. The lowest BCUT2D eigenvalue weighted by molar-refractivity contribution is 0.103. The maximum atomic E-state index is 12.7. The predicted octanol–water partition coefficient (Wildman–Crippen LogP) is 4.07. The van der Waals surface area contributed by atoms with E-state index in [2.05, 4.69) is 37.6 Å². The molecule has 0 radical (unpaired) electrons. The van der Waals surface area contributed by atoms with E-state index in [9.17, 15) is 4.79 Å². The fourth-order valence-electron chi connectivity index (χ4n) is 3.34. The van der Waals surface area contributed by atoms with Crippen molar-refractivity contribution in [1.29, 1.82) is 0 Å². The number of benzene rings is 1. The molecule has 0 amide bonds. The lowest BCUT2D eigenvalue weighted by atomic mass is 9.88. The topological polar surface area (TPSA) is 33.2 Å². The molecule has 3 heteroatoms. The Labute approximate surface area is 138 Å². The Hall–Kier alpha value is -2.16. The van der Waals surface area contributed by atoms with Crippen LogP contribution in [-0.4, -0.2) is 23.9 Å². The van der Waals surface area contributed by atoms with Gasteiger partial charge in [-0.25, -0.2) is 0 Å². The highest BCUT2D eigenvalue weighted by Gasteiger charge is 2.36. The van der Waals surface area contributed by atoms with Crippen molar-refractivity contribution < 1.29 is 4.79 Å². The first-order valence-electron chi connectivity index (χ1n) is 8.24. The van der Waals surface area contributed by atoms with Crippen LogP contribution in [0.5, 0.6) is 0 Å². The van der Waals surface area contributed by atoms with Crippen molar-refractivity contribution in [3.8, 4) is 0 Å². The molecule has 3 rings (SSSR count). The number of carbonyl (C=O) groups is 1. The zero-order valence-corrected chi connectivity index (χ0v) is 14.3.